The number of hydrogen-bond acceptors (Lipinski definition) is 7. The van der Waals surface area contributed by atoms with Crippen LogP contribution in [0.4, 0.5) is 5.69 Å². The average molecular weight is 280 g/mol. The summed E-state index contributed by atoms with van der Waals surface area (Å²) in [7, 11) is 3.58. The molecule has 0 amide bonds. The summed E-state index contributed by atoms with van der Waals surface area (Å²) < 4.78 is 9.52. The van der Waals surface area contributed by atoms with Crippen molar-refractivity contribution in [1.29, 1.82) is 0 Å². The molecule has 0 aliphatic carbocycles. The highest BCUT2D eigenvalue weighted by Crippen LogP contribution is 2.18. The van der Waals surface area contributed by atoms with Crippen LogP contribution in [0, 0.1) is 15.3 Å². The van der Waals surface area contributed by atoms with Crippen LogP contribution in [0.3, 0.4) is 0 Å². The molecule has 0 unspecified atom stereocenters. The number of nitrogens with zero attached hydrogens (tertiary/aromatic N) is 2. The second-order valence-corrected chi connectivity index (χ2v) is 3.45. The minimum Gasteiger partial charge on any atom is -0.619 e. The van der Waals surface area contributed by atoms with Gasteiger partial charge in [0, 0.05) is 7.11 Å². The maximum Gasteiger partial charge on any atom is 0.436 e. The topological polar surface area (TPSA) is 118 Å². The van der Waals surface area contributed by atoms with E-state index in [1.54, 1.807) is 0 Å². The van der Waals surface area contributed by atoms with Crippen molar-refractivity contribution in [2.45, 2.75) is 0 Å². The molecule has 0 spiro atoms. The smallest absolute Gasteiger partial charge is 0.436 e. The second kappa shape index (κ2) is 7.09. The summed E-state index contributed by atoms with van der Waals surface area (Å²) in [5, 5.41) is 24.5. The predicted molar refractivity (Wildman–Crippen MR) is 67.9 cm³/mol. The van der Waals surface area contributed by atoms with E-state index < -0.39 is 10.9 Å². The third-order valence-corrected chi connectivity index (χ3v) is 2.18. The van der Waals surface area contributed by atoms with E-state index in [9.17, 15) is 20.1 Å². The van der Waals surface area contributed by atoms with Crippen LogP contribution in [0.25, 0.3) is 6.08 Å². The summed E-state index contributed by atoms with van der Waals surface area (Å²) in [6, 6.07) is 1.04. The Morgan fingerprint density at radius 3 is 2.80 bits per heavy atom. The van der Waals surface area contributed by atoms with E-state index in [2.05, 4.69) is 14.6 Å². The zero-order chi connectivity index (χ0) is 15.1. The molecule has 105 valence electrons. The summed E-state index contributed by atoms with van der Waals surface area (Å²) in [6.45, 7) is 0. The molecule has 0 saturated heterocycles. The second-order valence-electron chi connectivity index (χ2n) is 3.45. The van der Waals surface area contributed by atoms with Gasteiger partial charge in [-0.1, -0.05) is 0 Å². The molecule has 0 atom stereocenters. The number of rotatable bonds is 6. The Labute approximate surface area is 114 Å². The standard InChI is InChI=1S/C10H11BN3O6/c1-19-10(15)8(12-11-20-2)5-7-6-13(16)4-3-9(7)14(17)18/h3-6,12H,1-2H3/b8-5-. The summed E-state index contributed by atoms with van der Waals surface area (Å²) in [5.41, 5.74) is -0.494. The van der Waals surface area contributed by atoms with Gasteiger partial charge in [-0.2, -0.15) is 4.73 Å². The minimum atomic E-state index is -0.770. The number of pyridine rings is 1. The maximum absolute atomic E-state index is 11.5. The van der Waals surface area contributed by atoms with Crippen LogP contribution in [0.2, 0.25) is 0 Å². The first kappa shape index (κ1) is 15.4. The predicted octanol–water partition coefficient (Wildman–Crippen LogP) is -0.488. The number of carbonyl (C=O) groups excluding carboxylic acids is 1. The lowest BCUT2D eigenvalue weighted by Crippen LogP contribution is -2.27. The molecule has 1 aromatic heterocycles. The van der Waals surface area contributed by atoms with Crippen molar-refractivity contribution in [2.75, 3.05) is 14.2 Å². The van der Waals surface area contributed by atoms with Crippen molar-refractivity contribution < 1.29 is 23.8 Å². The van der Waals surface area contributed by atoms with Crippen molar-refractivity contribution in [1.82, 2.24) is 5.23 Å². The maximum atomic E-state index is 11.5. The van der Waals surface area contributed by atoms with Gasteiger partial charge in [0.1, 0.15) is 11.3 Å². The molecular weight excluding hydrogens is 269 g/mol. The van der Waals surface area contributed by atoms with Gasteiger partial charge in [0.2, 0.25) is 0 Å². The van der Waals surface area contributed by atoms with Crippen LogP contribution in [-0.4, -0.2) is 32.7 Å². The van der Waals surface area contributed by atoms with E-state index in [0.29, 0.717) is 4.73 Å². The molecule has 0 aromatic carbocycles. The van der Waals surface area contributed by atoms with Crippen LogP contribution in [-0.2, 0) is 14.2 Å². The molecule has 1 aromatic rings. The van der Waals surface area contributed by atoms with Crippen LogP contribution in [0.15, 0.2) is 24.2 Å². The largest absolute Gasteiger partial charge is 0.619 e. The Morgan fingerprint density at radius 1 is 1.55 bits per heavy atom. The third-order valence-electron chi connectivity index (χ3n) is 2.18. The van der Waals surface area contributed by atoms with Crippen LogP contribution in [0.5, 0.6) is 0 Å². The Hall–Kier alpha value is -2.62. The third kappa shape index (κ3) is 3.95. The summed E-state index contributed by atoms with van der Waals surface area (Å²) in [5.74, 6) is -0.770. The highest BCUT2D eigenvalue weighted by Gasteiger charge is 2.18. The molecule has 20 heavy (non-hydrogen) atoms. The first-order valence-corrected chi connectivity index (χ1v) is 5.27. The van der Waals surface area contributed by atoms with Gasteiger partial charge in [0.05, 0.1) is 18.1 Å². The molecule has 1 radical (unpaired) electrons. The number of nitrogens with one attached hydrogen (secondary N) is 1. The summed E-state index contributed by atoms with van der Waals surface area (Å²) >= 11 is 0. The van der Waals surface area contributed by atoms with E-state index in [4.69, 9.17) is 0 Å². The fraction of sp³-hybridized carbons (Fsp3) is 0.200. The first-order chi connectivity index (χ1) is 9.49. The fourth-order valence-electron chi connectivity index (χ4n) is 1.31. The van der Waals surface area contributed by atoms with Crippen molar-refractivity contribution in [3.8, 4) is 0 Å². The molecule has 0 aliphatic rings. The Morgan fingerprint density at radius 2 is 2.25 bits per heavy atom. The highest BCUT2D eigenvalue weighted by atomic mass is 16.6. The van der Waals surface area contributed by atoms with E-state index in [-0.39, 0.29) is 16.9 Å². The van der Waals surface area contributed by atoms with Crippen molar-refractivity contribution in [3.63, 3.8) is 0 Å². The fourth-order valence-corrected chi connectivity index (χ4v) is 1.31. The molecule has 0 aliphatic heterocycles. The van der Waals surface area contributed by atoms with Gasteiger partial charge in [0.25, 0.3) is 5.69 Å². The monoisotopic (exact) mass is 280 g/mol. The van der Waals surface area contributed by atoms with Gasteiger partial charge >= 0.3 is 13.6 Å². The van der Waals surface area contributed by atoms with Gasteiger partial charge < -0.3 is 19.8 Å². The van der Waals surface area contributed by atoms with Crippen molar-refractivity contribution in [2.24, 2.45) is 0 Å². The number of ether oxygens (including phenoxy) is 1. The zero-order valence-corrected chi connectivity index (χ0v) is 10.7. The normalized spacial score (nSPS) is 10.8. The Kier molecular flexibility index (Phi) is 5.48. The molecule has 0 bridgehead atoms. The Bertz CT molecular complexity index is 548. The number of aromatic nitrogens is 1. The van der Waals surface area contributed by atoms with E-state index >= 15 is 0 Å². The highest BCUT2D eigenvalue weighted by molar-refractivity contribution is 6.26. The van der Waals surface area contributed by atoms with E-state index in [1.807, 2.05) is 0 Å². The van der Waals surface area contributed by atoms with Gasteiger partial charge in [-0.05, 0) is 6.08 Å². The minimum absolute atomic E-state index is 0.0510. The number of esters is 1. The lowest BCUT2D eigenvalue weighted by Gasteiger charge is -2.07. The first-order valence-electron chi connectivity index (χ1n) is 5.27. The summed E-state index contributed by atoms with van der Waals surface area (Å²) in [6.07, 6.45) is 3.07. The molecule has 1 N–H and O–H groups in total. The van der Waals surface area contributed by atoms with Gasteiger partial charge in [0.15, 0.2) is 12.4 Å². The molecule has 9 nitrogen and oxygen atoms in total. The molecule has 10 heteroatoms. The molecule has 0 saturated carbocycles. The number of hydrogen-bond donors (Lipinski definition) is 1. The van der Waals surface area contributed by atoms with Crippen molar-refractivity contribution >= 4 is 25.3 Å². The van der Waals surface area contributed by atoms with E-state index in [1.165, 1.54) is 7.11 Å². The SMILES string of the molecule is CO[B]N/C(=C\c1c[n+]([O-])ccc1[N+](=O)[O-])C(=O)OC. The van der Waals surface area contributed by atoms with Gasteiger partial charge in [-0.15, -0.1) is 0 Å². The zero-order valence-electron chi connectivity index (χ0n) is 10.7. The lowest BCUT2D eigenvalue weighted by molar-refractivity contribution is -0.606. The van der Waals surface area contributed by atoms with Crippen LogP contribution >= 0.6 is 0 Å². The molecular formula is C10H11BN3O6. The van der Waals surface area contributed by atoms with Crippen molar-refractivity contribution in [3.05, 3.63) is 45.0 Å². The lowest BCUT2D eigenvalue weighted by atomic mass is 10.1. The van der Waals surface area contributed by atoms with Gasteiger partial charge in [-0.25, -0.2) is 4.79 Å². The number of methoxy groups -OCH3 is 1. The van der Waals surface area contributed by atoms with E-state index in [0.717, 1.165) is 39.3 Å². The number of carbonyl (C=O) groups is 1. The molecule has 1 heterocycles. The Balaban J connectivity index is 3.24. The molecule has 0 fully saturated rings. The number of nitro groups is 1. The molecule has 1 rings (SSSR count). The quantitative estimate of drug-likeness (QED) is 0.142. The van der Waals surface area contributed by atoms with Crippen LogP contribution in [0.1, 0.15) is 5.56 Å². The summed E-state index contributed by atoms with van der Waals surface area (Å²) in [4.78, 5) is 21.7. The average Bonchev–Trinajstić information content (AvgIpc) is 2.42. The van der Waals surface area contributed by atoms with Crippen LogP contribution < -0.4 is 9.96 Å². The van der Waals surface area contributed by atoms with Gasteiger partial charge in [-0.3, -0.25) is 10.1 Å².